The van der Waals surface area contributed by atoms with E-state index >= 15 is 0 Å². The van der Waals surface area contributed by atoms with Crippen LogP contribution in [0, 0.1) is 6.92 Å². The van der Waals surface area contributed by atoms with Crippen LogP contribution in [0.25, 0.3) is 32.0 Å². The normalized spacial score (nSPS) is 11.0. The summed E-state index contributed by atoms with van der Waals surface area (Å²) in [5, 5.41) is 1.81. The van der Waals surface area contributed by atoms with Gasteiger partial charge in [-0.3, -0.25) is 4.98 Å². The number of carbonyl (C=O) groups excluding carboxylic acids is 1. The largest absolute Gasteiger partial charge is 0.464 e. The van der Waals surface area contributed by atoms with Gasteiger partial charge in [0.2, 0.25) is 0 Å². The maximum Gasteiger partial charge on any atom is 0.358 e. The minimum absolute atomic E-state index is 0.309. The Bertz CT molecular complexity index is 1120. The highest BCUT2D eigenvalue weighted by atomic mass is 32.1. The van der Waals surface area contributed by atoms with Gasteiger partial charge >= 0.3 is 5.97 Å². The van der Waals surface area contributed by atoms with Gasteiger partial charge in [0.05, 0.1) is 28.9 Å². The first kappa shape index (κ1) is 16.4. The van der Waals surface area contributed by atoms with Crippen molar-refractivity contribution in [2.24, 2.45) is 7.05 Å². The molecule has 0 aliphatic rings. The molecule has 4 rings (SSSR count). The maximum absolute atomic E-state index is 12.3. The second-order valence-corrected chi connectivity index (χ2v) is 6.89. The molecule has 0 N–H and O–H groups in total. The molecule has 0 atom stereocenters. The van der Waals surface area contributed by atoms with Crippen molar-refractivity contribution in [1.29, 1.82) is 0 Å². The Morgan fingerprint density at radius 2 is 2.12 bits per heavy atom. The second kappa shape index (κ2) is 6.34. The quantitative estimate of drug-likeness (QED) is 0.516. The number of esters is 1. The van der Waals surface area contributed by atoms with Crippen molar-refractivity contribution in [1.82, 2.24) is 19.5 Å². The van der Waals surface area contributed by atoms with Gasteiger partial charge < -0.3 is 9.30 Å². The van der Waals surface area contributed by atoms with Gasteiger partial charge in [0.1, 0.15) is 5.01 Å². The molecular weight excluding hydrogens is 348 g/mol. The molecule has 0 saturated heterocycles. The fourth-order valence-corrected chi connectivity index (χ4v) is 3.94. The van der Waals surface area contributed by atoms with Crippen LogP contribution in [0.3, 0.4) is 0 Å². The van der Waals surface area contributed by atoms with Crippen LogP contribution >= 0.6 is 11.3 Å². The van der Waals surface area contributed by atoms with Gasteiger partial charge in [-0.05, 0) is 31.2 Å². The summed E-state index contributed by atoms with van der Waals surface area (Å²) in [5.74, 6) is -0.451. The van der Waals surface area contributed by atoms with Crippen molar-refractivity contribution in [3.63, 3.8) is 0 Å². The molecular formula is C19H16N4O2S. The molecule has 4 heterocycles. The molecule has 26 heavy (non-hydrogen) atoms. The highest BCUT2D eigenvalue weighted by molar-refractivity contribution is 7.18. The third-order valence-electron chi connectivity index (χ3n) is 4.17. The highest BCUT2D eigenvalue weighted by Gasteiger charge is 2.20. The minimum atomic E-state index is -0.451. The van der Waals surface area contributed by atoms with Gasteiger partial charge in [-0.25, -0.2) is 14.8 Å². The van der Waals surface area contributed by atoms with E-state index in [1.165, 1.54) is 18.4 Å². The second-order valence-electron chi connectivity index (χ2n) is 5.89. The van der Waals surface area contributed by atoms with Gasteiger partial charge in [0, 0.05) is 36.6 Å². The predicted octanol–water partition coefficient (Wildman–Crippen LogP) is 3.85. The number of rotatable bonds is 3. The predicted molar refractivity (Wildman–Crippen MR) is 101 cm³/mol. The summed E-state index contributed by atoms with van der Waals surface area (Å²) >= 11 is 1.54. The highest BCUT2D eigenvalue weighted by Crippen LogP contribution is 2.35. The summed E-state index contributed by atoms with van der Waals surface area (Å²) in [6, 6.07) is 7.80. The van der Waals surface area contributed by atoms with Gasteiger partial charge in [0.25, 0.3) is 0 Å². The lowest BCUT2D eigenvalue weighted by atomic mass is 10.2. The zero-order valence-corrected chi connectivity index (χ0v) is 15.4. The monoisotopic (exact) mass is 364 g/mol. The van der Waals surface area contributed by atoms with Gasteiger partial charge in [0.15, 0.2) is 5.69 Å². The van der Waals surface area contributed by atoms with Gasteiger partial charge in [-0.2, -0.15) is 0 Å². The SMILES string of the molecule is COC(=O)c1nc(-c2sc(-c3cccnc3)nc2C)cc2ccn(C)c12. The van der Waals surface area contributed by atoms with Crippen LogP contribution in [0.1, 0.15) is 16.2 Å². The Morgan fingerprint density at radius 1 is 1.27 bits per heavy atom. The number of nitrogens with zero attached hydrogens (tertiary/aromatic N) is 4. The van der Waals surface area contributed by atoms with E-state index < -0.39 is 5.97 Å². The van der Waals surface area contributed by atoms with Crippen molar-refractivity contribution in [2.45, 2.75) is 6.92 Å². The van der Waals surface area contributed by atoms with E-state index in [9.17, 15) is 4.79 Å². The average Bonchev–Trinajstić information content (AvgIpc) is 3.24. The molecule has 0 aliphatic carbocycles. The summed E-state index contributed by atoms with van der Waals surface area (Å²) in [5.41, 5.74) is 3.61. The van der Waals surface area contributed by atoms with Crippen LogP contribution in [-0.2, 0) is 11.8 Å². The molecule has 0 amide bonds. The molecule has 4 aromatic heterocycles. The molecule has 130 valence electrons. The number of fused-ring (bicyclic) bond motifs is 1. The lowest BCUT2D eigenvalue weighted by Gasteiger charge is -2.07. The molecule has 0 aliphatic heterocycles. The molecule has 4 aromatic rings. The fourth-order valence-electron chi connectivity index (χ4n) is 2.92. The fraction of sp³-hybridized carbons (Fsp3) is 0.158. The Balaban J connectivity index is 1.90. The molecule has 0 fully saturated rings. The number of hydrogen-bond donors (Lipinski definition) is 0. The number of thiazole rings is 1. The van der Waals surface area contributed by atoms with Crippen LogP contribution in [0.15, 0.2) is 42.9 Å². The summed E-state index contributed by atoms with van der Waals surface area (Å²) in [6.45, 7) is 1.94. The minimum Gasteiger partial charge on any atom is -0.464 e. The van der Waals surface area contributed by atoms with Crippen LogP contribution in [0.4, 0.5) is 0 Å². The Labute approximate surface area is 154 Å². The number of aryl methyl sites for hydroxylation is 2. The zero-order valence-electron chi connectivity index (χ0n) is 14.6. The van der Waals surface area contributed by atoms with Crippen molar-refractivity contribution in [3.05, 3.63) is 54.2 Å². The van der Waals surface area contributed by atoms with Crippen molar-refractivity contribution >= 4 is 28.2 Å². The van der Waals surface area contributed by atoms with E-state index in [1.54, 1.807) is 12.4 Å². The van der Waals surface area contributed by atoms with Crippen molar-refractivity contribution in [2.75, 3.05) is 7.11 Å². The van der Waals surface area contributed by atoms with Crippen LogP contribution in [-0.4, -0.2) is 32.6 Å². The number of ether oxygens (including phenoxy) is 1. The number of hydrogen-bond acceptors (Lipinski definition) is 6. The molecule has 0 bridgehead atoms. The Hall–Kier alpha value is -3.06. The first-order chi connectivity index (χ1) is 12.6. The lowest BCUT2D eigenvalue weighted by Crippen LogP contribution is -2.07. The molecule has 0 radical (unpaired) electrons. The van der Waals surface area contributed by atoms with Gasteiger partial charge in [-0.15, -0.1) is 11.3 Å². The first-order valence-electron chi connectivity index (χ1n) is 8.01. The number of aromatic nitrogens is 4. The molecule has 6 nitrogen and oxygen atoms in total. The molecule has 0 saturated carbocycles. The maximum atomic E-state index is 12.3. The summed E-state index contributed by atoms with van der Waals surface area (Å²) in [7, 11) is 3.25. The van der Waals surface area contributed by atoms with E-state index in [-0.39, 0.29) is 0 Å². The lowest BCUT2D eigenvalue weighted by molar-refractivity contribution is 0.0596. The number of pyridine rings is 2. The molecule has 7 heteroatoms. The first-order valence-corrected chi connectivity index (χ1v) is 8.82. The molecule has 0 spiro atoms. The smallest absolute Gasteiger partial charge is 0.358 e. The summed E-state index contributed by atoms with van der Waals surface area (Å²) < 4.78 is 6.80. The topological polar surface area (TPSA) is 69.9 Å². The number of carbonyl (C=O) groups is 1. The van der Waals surface area contributed by atoms with Crippen molar-refractivity contribution < 1.29 is 9.53 Å². The average molecular weight is 364 g/mol. The van der Waals surface area contributed by atoms with E-state index in [1.807, 2.05) is 49.0 Å². The standard InChI is InChI=1S/C19H16N4O2S/c1-11-17(26-18(21-11)13-5-4-7-20-10-13)14-9-12-6-8-23(2)16(12)15(22-14)19(24)25-3/h4-10H,1-3H3. The van der Waals surface area contributed by atoms with E-state index in [4.69, 9.17) is 4.74 Å². The molecule has 0 unspecified atom stereocenters. The molecule has 0 aromatic carbocycles. The van der Waals surface area contributed by atoms with Crippen LogP contribution in [0.5, 0.6) is 0 Å². The van der Waals surface area contributed by atoms with E-state index in [0.717, 1.165) is 32.0 Å². The third kappa shape index (κ3) is 2.66. The Kier molecular flexibility index (Phi) is 4.00. The zero-order chi connectivity index (χ0) is 18.3. The van der Waals surface area contributed by atoms with E-state index in [0.29, 0.717) is 11.4 Å². The Morgan fingerprint density at radius 3 is 2.85 bits per heavy atom. The van der Waals surface area contributed by atoms with Crippen molar-refractivity contribution in [3.8, 4) is 21.1 Å². The summed E-state index contributed by atoms with van der Waals surface area (Å²) in [6.07, 6.45) is 5.43. The summed E-state index contributed by atoms with van der Waals surface area (Å²) in [4.78, 5) is 26.6. The third-order valence-corrected chi connectivity index (χ3v) is 5.40. The number of methoxy groups -OCH3 is 1. The van der Waals surface area contributed by atoms with E-state index in [2.05, 4.69) is 15.0 Å². The van der Waals surface area contributed by atoms with Gasteiger partial charge in [-0.1, -0.05) is 0 Å². The van der Waals surface area contributed by atoms with Crippen LogP contribution < -0.4 is 0 Å². The van der Waals surface area contributed by atoms with Crippen LogP contribution in [0.2, 0.25) is 0 Å².